The van der Waals surface area contributed by atoms with E-state index in [1.165, 1.54) is 0 Å². The standard InChI is InChI=1S/C12H14ClNO3/c1-15-10-7(12(5-14)2-3-12)4-8-11(9(10)13)17-6-16-8/h4H,2-3,5-6,14H2,1H3. The van der Waals surface area contributed by atoms with Gasteiger partial charge in [-0.1, -0.05) is 11.6 Å². The summed E-state index contributed by atoms with van der Waals surface area (Å²) >= 11 is 6.28. The summed E-state index contributed by atoms with van der Waals surface area (Å²) in [6, 6.07) is 1.95. The molecule has 92 valence electrons. The minimum absolute atomic E-state index is 0.00988. The molecule has 1 aliphatic carbocycles. The minimum Gasteiger partial charge on any atom is -0.495 e. The molecule has 2 N–H and O–H groups in total. The molecule has 1 aromatic rings. The van der Waals surface area contributed by atoms with Crippen molar-refractivity contribution in [3.8, 4) is 17.2 Å². The highest BCUT2D eigenvalue weighted by Crippen LogP contribution is 2.56. The van der Waals surface area contributed by atoms with Crippen molar-refractivity contribution >= 4 is 11.6 Å². The predicted octanol–water partition coefficient (Wildman–Crippen LogP) is 2.07. The fourth-order valence-electron chi connectivity index (χ4n) is 2.31. The molecule has 0 bridgehead atoms. The van der Waals surface area contributed by atoms with Gasteiger partial charge < -0.3 is 19.9 Å². The van der Waals surface area contributed by atoms with Crippen molar-refractivity contribution in [3.63, 3.8) is 0 Å². The maximum Gasteiger partial charge on any atom is 0.231 e. The van der Waals surface area contributed by atoms with Crippen LogP contribution in [0, 0.1) is 0 Å². The summed E-state index contributed by atoms with van der Waals surface area (Å²) < 4.78 is 16.1. The van der Waals surface area contributed by atoms with E-state index in [2.05, 4.69) is 0 Å². The van der Waals surface area contributed by atoms with Gasteiger partial charge in [-0.05, 0) is 18.9 Å². The molecule has 0 saturated heterocycles. The first-order valence-electron chi connectivity index (χ1n) is 5.58. The van der Waals surface area contributed by atoms with Crippen LogP contribution in [0.25, 0.3) is 0 Å². The van der Waals surface area contributed by atoms with E-state index in [1.54, 1.807) is 7.11 Å². The summed E-state index contributed by atoms with van der Waals surface area (Å²) in [7, 11) is 1.61. The Morgan fingerprint density at radius 1 is 1.47 bits per heavy atom. The third-order valence-electron chi connectivity index (χ3n) is 3.58. The second-order valence-electron chi connectivity index (χ2n) is 4.49. The van der Waals surface area contributed by atoms with Gasteiger partial charge in [0.2, 0.25) is 6.79 Å². The number of ether oxygens (including phenoxy) is 3. The minimum atomic E-state index is 0.00988. The molecule has 0 amide bonds. The van der Waals surface area contributed by atoms with E-state index in [4.69, 9.17) is 31.5 Å². The summed E-state index contributed by atoms with van der Waals surface area (Å²) in [5.41, 5.74) is 6.90. The van der Waals surface area contributed by atoms with E-state index in [9.17, 15) is 0 Å². The van der Waals surface area contributed by atoms with E-state index in [1.807, 2.05) is 6.07 Å². The van der Waals surface area contributed by atoms with Crippen molar-refractivity contribution in [2.45, 2.75) is 18.3 Å². The molecule has 1 heterocycles. The molecule has 0 unspecified atom stereocenters. The number of methoxy groups -OCH3 is 1. The number of nitrogens with two attached hydrogens (primary N) is 1. The van der Waals surface area contributed by atoms with Crippen molar-refractivity contribution in [2.75, 3.05) is 20.4 Å². The second-order valence-corrected chi connectivity index (χ2v) is 4.87. The van der Waals surface area contributed by atoms with Gasteiger partial charge in [-0.15, -0.1) is 0 Å². The second kappa shape index (κ2) is 3.68. The van der Waals surface area contributed by atoms with E-state index in [-0.39, 0.29) is 12.2 Å². The molecule has 5 heteroatoms. The average molecular weight is 256 g/mol. The average Bonchev–Trinajstić information content (AvgIpc) is 3.00. The third-order valence-corrected chi connectivity index (χ3v) is 3.92. The molecule has 1 aliphatic heterocycles. The number of hydrogen-bond donors (Lipinski definition) is 1. The Labute approximate surface area is 105 Å². The van der Waals surface area contributed by atoms with Crippen LogP contribution >= 0.6 is 11.6 Å². The lowest BCUT2D eigenvalue weighted by Gasteiger charge is -2.18. The van der Waals surface area contributed by atoms with Crippen LogP contribution in [0.15, 0.2) is 6.07 Å². The van der Waals surface area contributed by atoms with Crippen LogP contribution in [0.1, 0.15) is 18.4 Å². The Balaban J connectivity index is 2.18. The number of fused-ring (bicyclic) bond motifs is 1. The highest BCUT2D eigenvalue weighted by molar-refractivity contribution is 6.34. The van der Waals surface area contributed by atoms with Gasteiger partial charge in [0.25, 0.3) is 0 Å². The summed E-state index contributed by atoms with van der Waals surface area (Å²) in [5, 5.41) is 0.484. The van der Waals surface area contributed by atoms with E-state index in [0.717, 1.165) is 18.4 Å². The van der Waals surface area contributed by atoms with Gasteiger partial charge in [-0.2, -0.15) is 0 Å². The number of halogens is 1. The lowest BCUT2D eigenvalue weighted by Crippen LogP contribution is -2.20. The summed E-state index contributed by atoms with van der Waals surface area (Å²) in [5.74, 6) is 1.92. The molecule has 0 aromatic heterocycles. The largest absolute Gasteiger partial charge is 0.495 e. The monoisotopic (exact) mass is 255 g/mol. The summed E-state index contributed by atoms with van der Waals surface area (Å²) in [6.07, 6.45) is 2.13. The molecule has 0 atom stereocenters. The van der Waals surface area contributed by atoms with E-state index in [0.29, 0.717) is 28.8 Å². The Morgan fingerprint density at radius 2 is 2.24 bits per heavy atom. The number of hydrogen-bond acceptors (Lipinski definition) is 4. The molecule has 17 heavy (non-hydrogen) atoms. The molecule has 1 aromatic carbocycles. The predicted molar refractivity (Wildman–Crippen MR) is 64.1 cm³/mol. The normalized spacial score (nSPS) is 19.2. The van der Waals surface area contributed by atoms with Gasteiger partial charge in [0, 0.05) is 17.5 Å². The summed E-state index contributed by atoms with van der Waals surface area (Å²) in [6.45, 7) is 0.802. The lowest BCUT2D eigenvalue weighted by atomic mass is 9.94. The highest BCUT2D eigenvalue weighted by atomic mass is 35.5. The van der Waals surface area contributed by atoms with Crippen molar-refractivity contribution in [1.29, 1.82) is 0 Å². The van der Waals surface area contributed by atoms with Crippen LogP contribution in [0.3, 0.4) is 0 Å². The SMILES string of the molecule is COc1c(C2(CN)CC2)cc2c(c1Cl)OCO2. The van der Waals surface area contributed by atoms with Crippen LogP contribution in [-0.2, 0) is 5.41 Å². The van der Waals surface area contributed by atoms with Crippen molar-refractivity contribution in [3.05, 3.63) is 16.7 Å². The smallest absolute Gasteiger partial charge is 0.231 e. The van der Waals surface area contributed by atoms with Gasteiger partial charge in [-0.3, -0.25) is 0 Å². The highest BCUT2D eigenvalue weighted by Gasteiger charge is 2.46. The quantitative estimate of drug-likeness (QED) is 0.898. The Morgan fingerprint density at radius 3 is 2.82 bits per heavy atom. The first-order valence-corrected chi connectivity index (χ1v) is 5.96. The zero-order valence-corrected chi connectivity index (χ0v) is 10.3. The number of benzene rings is 1. The first kappa shape index (κ1) is 11.0. The maximum atomic E-state index is 6.28. The molecule has 3 rings (SSSR count). The molecule has 4 nitrogen and oxygen atoms in total. The lowest BCUT2D eigenvalue weighted by molar-refractivity contribution is 0.174. The summed E-state index contributed by atoms with van der Waals surface area (Å²) in [4.78, 5) is 0. The van der Waals surface area contributed by atoms with Crippen LogP contribution in [0.4, 0.5) is 0 Å². The Bertz CT molecular complexity index is 471. The van der Waals surface area contributed by atoms with Gasteiger partial charge in [0.1, 0.15) is 10.8 Å². The van der Waals surface area contributed by atoms with Crippen LogP contribution in [-0.4, -0.2) is 20.4 Å². The maximum absolute atomic E-state index is 6.28. The fraction of sp³-hybridized carbons (Fsp3) is 0.500. The van der Waals surface area contributed by atoms with Crippen molar-refractivity contribution < 1.29 is 14.2 Å². The zero-order valence-electron chi connectivity index (χ0n) is 9.59. The van der Waals surface area contributed by atoms with Gasteiger partial charge in [0.05, 0.1) is 7.11 Å². The molecule has 0 spiro atoms. The topological polar surface area (TPSA) is 53.7 Å². The molecular formula is C12H14ClNO3. The van der Waals surface area contributed by atoms with Gasteiger partial charge >= 0.3 is 0 Å². The number of rotatable bonds is 3. The first-order chi connectivity index (χ1) is 8.22. The van der Waals surface area contributed by atoms with Gasteiger partial charge in [-0.25, -0.2) is 0 Å². The molecule has 1 saturated carbocycles. The Kier molecular flexibility index (Phi) is 2.38. The zero-order chi connectivity index (χ0) is 12.0. The molecule has 2 aliphatic rings. The van der Waals surface area contributed by atoms with Crippen LogP contribution in [0.5, 0.6) is 17.2 Å². The molecule has 0 radical (unpaired) electrons. The fourth-order valence-corrected chi connectivity index (χ4v) is 2.64. The van der Waals surface area contributed by atoms with E-state index >= 15 is 0 Å². The van der Waals surface area contributed by atoms with Crippen LogP contribution in [0.2, 0.25) is 5.02 Å². The van der Waals surface area contributed by atoms with E-state index < -0.39 is 0 Å². The van der Waals surface area contributed by atoms with Gasteiger partial charge in [0.15, 0.2) is 11.5 Å². The third kappa shape index (κ3) is 1.47. The van der Waals surface area contributed by atoms with Crippen LogP contribution < -0.4 is 19.9 Å². The van der Waals surface area contributed by atoms with Crippen molar-refractivity contribution in [2.24, 2.45) is 5.73 Å². The van der Waals surface area contributed by atoms with Crippen molar-refractivity contribution in [1.82, 2.24) is 0 Å². The Hall–Kier alpha value is -1.13. The molecule has 1 fully saturated rings. The molecular weight excluding hydrogens is 242 g/mol.